The van der Waals surface area contributed by atoms with Gasteiger partial charge in [-0.1, -0.05) is 36.4 Å². The number of rotatable bonds is 7. The van der Waals surface area contributed by atoms with E-state index in [0.29, 0.717) is 32.7 Å². The van der Waals surface area contributed by atoms with E-state index in [2.05, 4.69) is 0 Å². The van der Waals surface area contributed by atoms with Gasteiger partial charge in [0, 0.05) is 38.1 Å². The second-order valence-electron chi connectivity index (χ2n) is 7.11. The van der Waals surface area contributed by atoms with E-state index in [1.54, 1.807) is 20.5 Å². The van der Waals surface area contributed by atoms with E-state index in [1.165, 1.54) is 0 Å². The minimum absolute atomic E-state index is 0.0217. The van der Waals surface area contributed by atoms with Crippen molar-refractivity contribution in [3.63, 3.8) is 0 Å². The maximum atomic E-state index is 12.6. The van der Waals surface area contributed by atoms with E-state index in [0.717, 1.165) is 10.4 Å². The number of likely N-dealkylation sites (N-methyl/N-ethyl adjacent to an activating group) is 1. The topological polar surface area (TPSA) is 60.9 Å². The van der Waals surface area contributed by atoms with Gasteiger partial charge in [0.05, 0.1) is 18.3 Å². The smallest absolute Gasteiger partial charge is 0.237 e. The lowest BCUT2D eigenvalue weighted by Gasteiger charge is -2.35. The molecule has 1 fully saturated rings. The molecule has 1 amide bonds. The maximum absolute atomic E-state index is 12.6. The lowest BCUT2D eigenvalue weighted by Crippen LogP contribution is -2.51. The molecule has 0 aliphatic carbocycles. The Morgan fingerprint density at radius 1 is 1.11 bits per heavy atom. The van der Waals surface area contributed by atoms with Gasteiger partial charge in [0.1, 0.15) is 0 Å². The van der Waals surface area contributed by atoms with Gasteiger partial charge in [-0.25, -0.2) is 8.42 Å². The fraction of sp³-hybridized carbons (Fsp3) is 0.450. The quantitative estimate of drug-likeness (QED) is 0.689. The summed E-state index contributed by atoms with van der Waals surface area (Å²) in [5, 5.41) is 2.01. The van der Waals surface area contributed by atoms with Crippen molar-refractivity contribution in [2.75, 3.05) is 39.8 Å². The molecule has 3 rings (SSSR count). The highest BCUT2D eigenvalue weighted by molar-refractivity contribution is 7.88. The molecule has 6 nitrogen and oxygen atoms in total. The Kier molecular flexibility index (Phi) is 6.87. The fourth-order valence-corrected chi connectivity index (χ4v) is 5.62. The summed E-state index contributed by atoms with van der Waals surface area (Å²) in [5.74, 6) is 0.0786. The van der Waals surface area contributed by atoms with Crippen LogP contribution in [-0.4, -0.2) is 68.2 Å². The maximum Gasteiger partial charge on any atom is 0.237 e. The van der Waals surface area contributed by atoms with E-state index in [-0.39, 0.29) is 17.7 Å². The predicted molar refractivity (Wildman–Crippen MR) is 113 cm³/mol. The highest BCUT2D eigenvalue weighted by Gasteiger charge is 2.29. The minimum atomic E-state index is -3.33. The standard InChI is InChI=1S/C20H27N3O3S2/c1-17(19-9-6-14-27-19)21(2)20(24)15-22-10-12-23(13-11-22)28(25,26)16-18-7-4-3-5-8-18/h3-9,14,17H,10-13,15-16H2,1-2H3. The van der Waals surface area contributed by atoms with Crippen molar-refractivity contribution >= 4 is 27.3 Å². The molecular formula is C20H27N3O3S2. The van der Waals surface area contributed by atoms with Crippen LogP contribution in [0, 0.1) is 0 Å². The van der Waals surface area contributed by atoms with Crippen LogP contribution in [-0.2, 0) is 20.6 Å². The van der Waals surface area contributed by atoms with Crippen LogP contribution in [0.3, 0.4) is 0 Å². The van der Waals surface area contributed by atoms with E-state index in [4.69, 9.17) is 0 Å². The van der Waals surface area contributed by atoms with Gasteiger partial charge in [0.15, 0.2) is 0 Å². The Balaban J connectivity index is 1.50. The van der Waals surface area contributed by atoms with Gasteiger partial charge in [0.25, 0.3) is 0 Å². The molecule has 152 valence electrons. The molecule has 1 aliphatic heterocycles. The third kappa shape index (κ3) is 5.20. The van der Waals surface area contributed by atoms with E-state index >= 15 is 0 Å². The Hall–Kier alpha value is -1.74. The zero-order valence-electron chi connectivity index (χ0n) is 16.3. The SMILES string of the molecule is CC(c1cccs1)N(C)C(=O)CN1CCN(S(=O)(=O)Cc2ccccc2)CC1. The summed E-state index contributed by atoms with van der Waals surface area (Å²) in [6.07, 6.45) is 0. The fourth-order valence-electron chi connectivity index (χ4n) is 3.28. The van der Waals surface area contributed by atoms with Crippen LogP contribution in [0.25, 0.3) is 0 Å². The number of sulfonamides is 1. The third-order valence-electron chi connectivity index (χ3n) is 5.20. The zero-order valence-corrected chi connectivity index (χ0v) is 18.0. The molecule has 1 aromatic carbocycles. The average molecular weight is 422 g/mol. The minimum Gasteiger partial charge on any atom is -0.337 e. The largest absolute Gasteiger partial charge is 0.337 e. The average Bonchev–Trinajstić information content (AvgIpc) is 3.22. The molecule has 0 saturated carbocycles. The molecule has 0 N–H and O–H groups in total. The summed E-state index contributed by atoms with van der Waals surface area (Å²) in [7, 11) is -1.51. The van der Waals surface area contributed by atoms with Crippen LogP contribution < -0.4 is 0 Å². The summed E-state index contributed by atoms with van der Waals surface area (Å²) in [4.78, 5) is 17.6. The number of thiophene rings is 1. The molecule has 1 saturated heterocycles. The summed E-state index contributed by atoms with van der Waals surface area (Å²) in [5.41, 5.74) is 0.796. The molecule has 8 heteroatoms. The highest BCUT2D eigenvalue weighted by Crippen LogP contribution is 2.23. The van der Waals surface area contributed by atoms with E-state index in [9.17, 15) is 13.2 Å². The predicted octanol–water partition coefficient (Wildman–Crippen LogP) is 2.42. The van der Waals surface area contributed by atoms with Gasteiger partial charge < -0.3 is 4.90 Å². The number of hydrogen-bond donors (Lipinski definition) is 0. The number of nitrogens with zero attached hydrogens (tertiary/aromatic N) is 3. The molecule has 1 aromatic heterocycles. The Morgan fingerprint density at radius 2 is 1.79 bits per heavy atom. The molecule has 1 aliphatic rings. The van der Waals surface area contributed by atoms with Gasteiger partial charge in [-0.3, -0.25) is 9.69 Å². The van der Waals surface area contributed by atoms with Crippen molar-refractivity contribution in [1.82, 2.24) is 14.1 Å². The molecule has 0 radical (unpaired) electrons. The first-order chi connectivity index (χ1) is 13.4. The monoisotopic (exact) mass is 421 g/mol. The number of carbonyl (C=O) groups excluding carboxylic acids is 1. The number of carbonyl (C=O) groups is 1. The lowest BCUT2D eigenvalue weighted by atomic mass is 10.2. The molecule has 1 atom stereocenters. The van der Waals surface area contributed by atoms with Gasteiger partial charge in [-0.15, -0.1) is 11.3 Å². The van der Waals surface area contributed by atoms with Crippen molar-refractivity contribution in [3.8, 4) is 0 Å². The molecule has 1 unspecified atom stereocenters. The first kappa shape index (κ1) is 21.0. The van der Waals surface area contributed by atoms with Crippen LogP contribution in [0.2, 0.25) is 0 Å². The van der Waals surface area contributed by atoms with Crippen molar-refractivity contribution < 1.29 is 13.2 Å². The van der Waals surface area contributed by atoms with E-state index in [1.807, 2.05) is 66.7 Å². The first-order valence-electron chi connectivity index (χ1n) is 9.40. The van der Waals surface area contributed by atoms with Gasteiger partial charge in [-0.2, -0.15) is 4.31 Å². The Labute approximate surface area is 171 Å². The third-order valence-corrected chi connectivity index (χ3v) is 8.10. The summed E-state index contributed by atoms with van der Waals surface area (Å²) < 4.78 is 26.8. The second-order valence-corrected chi connectivity index (χ2v) is 10.1. The Morgan fingerprint density at radius 3 is 2.39 bits per heavy atom. The number of benzene rings is 1. The van der Waals surface area contributed by atoms with Crippen LogP contribution in [0.1, 0.15) is 23.4 Å². The molecular weight excluding hydrogens is 394 g/mol. The normalized spacial score (nSPS) is 17.4. The number of piperazine rings is 1. The van der Waals surface area contributed by atoms with Crippen molar-refractivity contribution in [2.24, 2.45) is 0 Å². The summed E-state index contributed by atoms with van der Waals surface area (Å²) in [6.45, 7) is 4.33. The Bertz CT molecular complexity index is 861. The summed E-state index contributed by atoms with van der Waals surface area (Å²) in [6, 6.07) is 13.3. The number of amides is 1. The van der Waals surface area contributed by atoms with Gasteiger partial charge in [-0.05, 0) is 23.9 Å². The van der Waals surface area contributed by atoms with Crippen LogP contribution >= 0.6 is 11.3 Å². The molecule has 2 heterocycles. The van der Waals surface area contributed by atoms with Crippen molar-refractivity contribution in [2.45, 2.75) is 18.7 Å². The van der Waals surface area contributed by atoms with Gasteiger partial charge >= 0.3 is 0 Å². The molecule has 2 aromatic rings. The summed E-state index contributed by atoms with van der Waals surface area (Å²) >= 11 is 1.65. The van der Waals surface area contributed by atoms with Crippen LogP contribution in [0.4, 0.5) is 0 Å². The number of hydrogen-bond acceptors (Lipinski definition) is 5. The zero-order chi connectivity index (χ0) is 20.1. The van der Waals surface area contributed by atoms with E-state index < -0.39 is 10.0 Å². The highest BCUT2D eigenvalue weighted by atomic mass is 32.2. The van der Waals surface area contributed by atoms with Crippen molar-refractivity contribution in [1.29, 1.82) is 0 Å². The molecule has 28 heavy (non-hydrogen) atoms. The molecule has 0 bridgehead atoms. The van der Waals surface area contributed by atoms with Crippen LogP contribution in [0.5, 0.6) is 0 Å². The van der Waals surface area contributed by atoms with Gasteiger partial charge in [0.2, 0.25) is 15.9 Å². The first-order valence-corrected chi connectivity index (χ1v) is 11.9. The van der Waals surface area contributed by atoms with Crippen molar-refractivity contribution in [3.05, 3.63) is 58.3 Å². The molecule has 0 spiro atoms. The van der Waals surface area contributed by atoms with Crippen LogP contribution in [0.15, 0.2) is 47.8 Å². The second kappa shape index (κ2) is 9.17. The lowest BCUT2D eigenvalue weighted by molar-refractivity contribution is -0.133.